The molecule has 10 heavy (non-hydrogen) atoms. The maximum Gasteiger partial charge on any atom is 0.138 e. The zero-order valence-electron chi connectivity index (χ0n) is 5.65. The van der Waals surface area contributed by atoms with Crippen LogP contribution in [0, 0.1) is 5.92 Å². The number of hydrogen-bond donors (Lipinski definition) is 0. The molecule has 0 aliphatic heterocycles. The average Bonchev–Trinajstić information content (AvgIpc) is 1.88. The van der Waals surface area contributed by atoms with E-state index in [0.29, 0.717) is 6.42 Å². The fourth-order valence-corrected chi connectivity index (χ4v) is 1.81. The Balaban J connectivity index is 2.48. The second-order valence-electron chi connectivity index (χ2n) is 2.65. The van der Waals surface area contributed by atoms with E-state index in [0.717, 1.165) is 19.3 Å². The summed E-state index contributed by atoms with van der Waals surface area (Å²) in [7, 11) is 0. The van der Waals surface area contributed by atoms with Gasteiger partial charge in [0.2, 0.25) is 0 Å². The second kappa shape index (κ2) is 3.59. The summed E-state index contributed by atoms with van der Waals surface area (Å²) in [5.74, 6) is 0.151. The fraction of sp³-hybridized carbons (Fsp3) is 0.857. The summed E-state index contributed by atoms with van der Waals surface area (Å²) in [4.78, 5) is 10.6. The van der Waals surface area contributed by atoms with E-state index < -0.39 is 4.84 Å². The molecule has 0 aromatic carbocycles. The van der Waals surface area contributed by atoms with Crippen molar-refractivity contribution in [2.45, 2.75) is 30.5 Å². The molecule has 1 fully saturated rings. The average molecular weight is 181 g/mol. The van der Waals surface area contributed by atoms with Crippen LogP contribution in [0.3, 0.4) is 0 Å². The monoisotopic (exact) mass is 180 g/mol. The van der Waals surface area contributed by atoms with Gasteiger partial charge in [-0.1, -0.05) is 6.42 Å². The molecule has 0 aromatic rings. The number of Topliss-reactive ketones (excluding diaryl/α,β-unsaturated/α-hetero) is 1. The third-order valence-electron chi connectivity index (χ3n) is 1.91. The first-order valence-corrected chi connectivity index (χ1v) is 4.40. The highest BCUT2D eigenvalue weighted by atomic mass is 35.5. The van der Waals surface area contributed by atoms with Gasteiger partial charge < -0.3 is 0 Å². The normalized spacial score (nSPS) is 27.5. The van der Waals surface area contributed by atoms with Crippen molar-refractivity contribution in [3.63, 3.8) is 0 Å². The molecule has 58 valence electrons. The van der Waals surface area contributed by atoms with Crippen LogP contribution in [0.1, 0.15) is 25.7 Å². The van der Waals surface area contributed by atoms with Crippen LogP contribution >= 0.6 is 23.2 Å². The lowest BCUT2D eigenvalue weighted by molar-refractivity contribution is -0.124. The molecular weight excluding hydrogens is 171 g/mol. The van der Waals surface area contributed by atoms with Gasteiger partial charge in [-0.2, -0.15) is 0 Å². The Hall–Kier alpha value is 0.250. The molecule has 1 saturated carbocycles. The maximum atomic E-state index is 11.1. The summed E-state index contributed by atoms with van der Waals surface area (Å²) in [5, 5.41) is 0. The van der Waals surface area contributed by atoms with Crippen molar-refractivity contribution >= 4 is 29.0 Å². The van der Waals surface area contributed by atoms with Crippen molar-refractivity contribution in [1.82, 2.24) is 0 Å². The minimum atomic E-state index is -0.493. The number of carbonyl (C=O) groups is 1. The van der Waals surface area contributed by atoms with Gasteiger partial charge in [0.1, 0.15) is 10.6 Å². The molecule has 0 amide bonds. The van der Waals surface area contributed by atoms with Gasteiger partial charge in [-0.05, 0) is 12.8 Å². The predicted octanol–water partition coefficient (Wildman–Crippen LogP) is 2.55. The Morgan fingerprint density at radius 3 is 2.50 bits per heavy atom. The molecule has 0 bridgehead atoms. The number of alkyl halides is 2. The van der Waals surface area contributed by atoms with Crippen molar-refractivity contribution in [2.75, 3.05) is 0 Å². The lowest BCUT2D eigenvalue weighted by Gasteiger charge is -2.20. The summed E-state index contributed by atoms with van der Waals surface area (Å²) < 4.78 is 0. The summed E-state index contributed by atoms with van der Waals surface area (Å²) >= 11 is 11.2. The molecule has 0 saturated heterocycles. The van der Waals surface area contributed by atoms with Gasteiger partial charge in [-0.25, -0.2) is 0 Å². The summed E-state index contributed by atoms with van der Waals surface area (Å²) in [6, 6.07) is 0. The molecule has 1 unspecified atom stereocenters. The van der Waals surface area contributed by atoms with E-state index in [1.165, 1.54) is 0 Å². The topological polar surface area (TPSA) is 17.1 Å². The molecule has 1 aliphatic carbocycles. The molecule has 1 rings (SSSR count). The van der Waals surface area contributed by atoms with Gasteiger partial charge in [0.05, 0.1) is 0 Å². The Morgan fingerprint density at radius 2 is 2.10 bits per heavy atom. The molecule has 1 aliphatic rings. The van der Waals surface area contributed by atoms with E-state index in [-0.39, 0.29) is 11.7 Å². The van der Waals surface area contributed by atoms with E-state index in [1.807, 2.05) is 0 Å². The molecule has 0 radical (unpaired) electrons. The smallest absolute Gasteiger partial charge is 0.138 e. The van der Waals surface area contributed by atoms with Gasteiger partial charge in [-0.3, -0.25) is 4.79 Å². The maximum absolute atomic E-state index is 11.1. The van der Waals surface area contributed by atoms with E-state index in [2.05, 4.69) is 0 Å². The molecule has 3 heteroatoms. The van der Waals surface area contributed by atoms with Gasteiger partial charge in [0.25, 0.3) is 0 Å². The van der Waals surface area contributed by atoms with Crippen LogP contribution in [0.25, 0.3) is 0 Å². The first-order chi connectivity index (χ1) is 4.72. The number of carbonyl (C=O) groups excluding carboxylic acids is 1. The largest absolute Gasteiger partial charge is 0.299 e. The Morgan fingerprint density at radius 1 is 1.40 bits per heavy atom. The molecule has 1 atom stereocenters. The predicted molar refractivity (Wildman–Crippen MR) is 42.5 cm³/mol. The summed E-state index contributed by atoms with van der Waals surface area (Å²) in [6.07, 6.45) is 3.64. The van der Waals surface area contributed by atoms with Crippen molar-refractivity contribution in [3.8, 4) is 0 Å². The highest BCUT2D eigenvalue weighted by Gasteiger charge is 2.27. The first kappa shape index (κ1) is 8.35. The number of ketones is 1. The van der Waals surface area contributed by atoms with Gasteiger partial charge in [0.15, 0.2) is 0 Å². The number of rotatable bonds is 1. The lowest BCUT2D eigenvalue weighted by atomic mass is 9.89. The van der Waals surface area contributed by atoms with Crippen LogP contribution in [0.4, 0.5) is 0 Å². The first-order valence-electron chi connectivity index (χ1n) is 3.52. The van der Waals surface area contributed by atoms with E-state index in [9.17, 15) is 4.79 Å². The van der Waals surface area contributed by atoms with Crippen LogP contribution in [-0.4, -0.2) is 10.6 Å². The third kappa shape index (κ3) is 1.86. The number of hydrogen-bond acceptors (Lipinski definition) is 1. The van der Waals surface area contributed by atoms with Crippen molar-refractivity contribution in [1.29, 1.82) is 0 Å². The molecule has 0 aromatic heterocycles. The van der Waals surface area contributed by atoms with E-state index in [1.54, 1.807) is 0 Å². The van der Waals surface area contributed by atoms with Gasteiger partial charge >= 0.3 is 0 Å². The van der Waals surface area contributed by atoms with Crippen LogP contribution < -0.4 is 0 Å². The minimum absolute atomic E-state index is 0.0860. The summed E-state index contributed by atoms with van der Waals surface area (Å²) in [5.41, 5.74) is 0. The SMILES string of the molecule is O=C1CCCCC1C(Cl)Cl. The molecule has 1 nitrogen and oxygen atoms in total. The standard InChI is InChI=1S/C7H10Cl2O/c8-7(9)5-3-1-2-4-6(5)10/h5,7H,1-4H2. The van der Waals surface area contributed by atoms with Gasteiger partial charge in [-0.15, -0.1) is 23.2 Å². The quantitative estimate of drug-likeness (QED) is 0.568. The summed E-state index contributed by atoms with van der Waals surface area (Å²) in [6.45, 7) is 0. The van der Waals surface area contributed by atoms with Crippen molar-refractivity contribution in [2.24, 2.45) is 5.92 Å². The molecular formula is C7H10Cl2O. The van der Waals surface area contributed by atoms with Crippen LogP contribution in [0.15, 0.2) is 0 Å². The van der Waals surface area contributed by atoms with Gasteiger partial charge in [0, 0.05) is 12.3 Å². The molecule has 0 spiro atoms. The number of halogens is 2. The third-order valence-corrected chi connectivity index (χ3v) is 2.51. The zero-order valence-corrected chi connectivity index (χ0v) is 7.16. The lowest BCUT2D eigenvalue weighted by Crippen LogP contribution is -2.24. The van der Waals surface area contributed by atoms with Crippen LogP contribution in [0.2, 0.25) is 0 Å². The second-order valence-corrected chi connectivity index (χ2v) is 3.82. The Kier molecular flexibility index (Phi) is 2.99. The van der Waals surface area contributed by atoms with E-state index in [4.69, 9.17) is 23.2 Å². The highest BCUT2D eigenvalue weighted by Crippen LogP contribution is 2.28. The van der Waals surface area contributed by atoms with Crippen LogP contribution in [0.5, 0.6) is 0 Å². The minimum Gasteiger partial charge on any atom is -0.299 e. The Bertz CT molecular complexity index is 134. The van der Waals surface area contributed by atoms with Crippen molar-refractivity contribution in [3.05, 3.63) is 0 Å². The fourth-order valence-electron chi connectivity index (χ4n) is 1.28. The highest BCUT2D eigenvalue weighted by molar-refractivity contribution is 6.45. The van der Waals surface area contributed by atoms with Crippen molar-refractivity contribution < 1.29 is 4.79 Å². The van der Waals surface area contributed by atoms with E-state index >= 15 is 0 Å². The van der Waals surface area contributed by atoms with Crippen LogP contribution in [-0.2, 0) is 4.79 Å². The molecule has 0 N–H and O–H groups in total. The molecule has 0 heterocycles. The zero-order chi connectivity index (χ0) is 7.56. The Labute approximate surface area is 70.7 Å².